The lowest BCUT2D eigenvalue weighted by Crippen LogP contribution is -2.28. The Labute approximate surface area is 322 Å². The van der Waals surface area contributed by atoms with E-state index in [1.165, 1.54) is 57.1 Å². The van der Waals surface area contributed by atoms with Gasteiger partial charge in [0.1, 0.15) is 6.54 Å². The molecule has 53 heavy (non-hydrogen) atoms. The van der Waals surface area contributed by atoms with E-state index in [1.807, 2.05) is 23.9 Å². The van der Waals surface area contributed by atoms with Gasteiger partial charge in [0.2, 0.25) is 5.69 Å². The first kappa shape index (κ1) is 38.9. The van der Waals surface area contributed by atoms with Crippen LogP contribution in [0.1, 0.15) is 97.1 Å². The minimum atomic E-state index is -4.24. The van der Waals surface area contributed by atoms with Gasteiger partial charge < -0.3 is 15.2 Å². The van der Waals surface area contributed by atoms with E-state index < -0.39 is 10.1 Å². The zero-order chi connectivity index (χ0) is 37.8. The molecule has 3 aromatic rings. The topological polar surface area (TPSA) is 89.5 Å². The molecule has 0 spiro atoms. The van der Waals surface area contributed by atoms with Crippen LogP contribution < -0.4 is 10.6 Å². The molecule has 0 radical (unpaired) electrons. The molecule has 3 aromatic carbocycles. The van der Waals surface area contributed by atoms with E-state index >= 15 is 0 Å². The van der Waals surface area contributed by atoms with Gasteiger partial charge in [0.25, 0.3) is 0 Å². The Bertz CT molecular complexity index is 2090. The average Bonchev–Trinajstić information content (AvgIpc) is 3.47. The standard InChI is InChI=1S/C45H55N3O3S2/c1-6-7-12-30-47-39-20-10-8-18-37(39)44(2,3)41(47)28-22-33-16-15-17-34(43(33)52-36-26-24-35(46)25-27-36)23-29-42-45(4,5)38-19-9-11-21-40(38)48(42)31-13-14-32-53(49,50)51/h8-11,18-29H,6-7,12-17,30-32,46H2,1-5H3. The third kappa shape index (κ3) is 8.61. The number of nitrogens with two attached hydrogens (primary N) is 1. The second-order valence-electron chi connectivity index (χ2n) is 15.6. The van der Waals surface area contributed by atoms with Crippen molar-refractivity contribution in [2.45, 2.75) is 102 Å². The monoisotopic (exact) mass is 749 g/mol. The van der Waals surface area contributed by atoms with Crippen LogP contribution in [0.3, 0.4) is 0 Å². The summed E-state index contributed by atoms with van der Waals surface area (Å²) in [5.41, 5.74) is 16.8. The van der Waals surface area contributed by atoms with Gasteiger partial charge in [0, 0.05) is 68.7 Å². The van der Waals surface area contributed by atoms with E-state index in [-0.39, 0.29) is 16.6 Å². The van der Waals surface area contributed by atoms with Gasteiger partial charge in [-0.1, -0.05) is 87.5 Å². The van der Waals surface area contributed by atoms with E-state index in [1.54, 1.807) is 0 Å². The molecule has 0 saturated heterocycles. The van der Waals surface area contributed by atoms with Crippen molar-refractivity contribution in [3.8, 4) is 0 Å². The number of rotatable bonds is 14. The maximum absolute atomic E-state index is 11.3. The number of allylic oxidation sites excluding steroid dienone is 7. The summed E-state index contributed by atoms with van der Waals surface area (Å²) in [5.74, 6) is -0.333. The third-order valence-corrected chi connectivity index (χ3v) is 13.1. The first-order valence-electron chi connectivity index (χ1n) is 19.2. The largest absolute Gasteiger partial charge is 0.748 e. The summed E-state index contributed by atoms with van der Waals surface area (Å²) in [4.78, 5) is 4.78. The van der Waals surface area contributed by atoms with E-state index in [0.717, 1.165) is 48.5 Å². The van der Waals surface area contributed by atoms with Crippen LogP contribution >= 0.6 is 11.8 Å². The number of para-hydroxylation sites is 2. The van der Waals surface area contributed by atoms with Crippen molar-refractivity contribution in [1.29, 1.82) is 0 Å². The number of hydrogen-bond donors (Lipinski definition) is 1. The molecule has 6 rings (SSSR count). The van der Waals surface area contributed by atoms with E-state index in [9.17, 15) is 13.0 Å². The second-order valence-corrected chi connectivity index (χ2v) is 18.2. The summed E-state index contributed by atoms with van der Waals surface area (Å²) in [7, 11) is -4.24. The smallest absolute Gasteiger partial charge is 0.209 e. The Kier molecular flexibility index (Phi) is 11.9. The average molecular weight is 750 g/mol. The van der Waals surface area contributed by atoms with E-state index in [4.69, 9.17) is 5.73 Å². The molecule has 8 heteroatoms. The number of thioether (sulfide) groups is 1. The van der Waals surface area contributed by atoms with Crippen LogP contribution in [0.25, 0.3) is 0 Å². The molecule has 280 valence electrons. The highest BCUT2D eigenvalue weighted by atomic mass is 32.2. The van der Waals surface area contributed by atoms with Crippen LogP contribution in [0.2, 0.25) is 0 Å². The SMILES string of the molecule is CCCCC[N+]1=C(C=CC2=C(Sc3ccc(N)cc3)C(=CC=C3N(CCCCS(=O)(=O)[O-])c4ccccc4C3(C)C)CCC2)C(C)(C)c2ccccc21. The van der Waals surface area contributed by atoms with Crippen molar-refractivity contribution in [3.05, 3.63) is 130 Å². The minimum absolute atomic E-state index is 0.105. The van der Waals surface area contributed by atoms with Crippen molar-refractivity contribution in [2.24, 2.45) is 0 Å². The maximum atomic E-state index is 11.3. The van der Waals surface area contributed by atoms with Gasteiger partial charge in [0.15, 0.2) is 5.71 Å². The Balaban J connectivity index is 1.41. The van der Waals surface area contributed by atoms with Crippen molar-refractivity contribution in [1.82, 2.24) is 0 Å². The number of fused-ring (bicyclic) bond motifs is 2. The van der Waals surface area contributed by atoms with Crippen LogP contribution in [0, 0.1) is 0 Å². The van der Waals surface area contributed by atoms with Crippen molar-refractivity contribution < 1.29 is 17.5 Å². The summed E-state index contributed by atoms with van der Waals surface area (Å²) in [6.45, 7) is 13.2. The lowest BCUT2D eigenvalue weighted by atomic mass is 9.81. The van der Waals surface area contributed by atoms with E-state index in [2.05, 4.69) is 129 Å². The Morgan fingerprint density at radius 3 is 2.30 bits per heavy atom. The van der Waals surface area contributed by atoms with Gasteiger partial charge in [-0.15, -0.1) is 0 Å². The van der Waals surface area contributed by atoms with Crippen molar-refractivity contribution in [3.63, 3.8) is 0 Å². The fourth-order valence-corrected chi connectivity index (χ4v) is 9.86. The van der Waals surface area contributed by atoms with Crippen molar-refractivity contribution >= 4 is 44.7 Å². The van der Waals surface area contributed by atoms with Crippen LogP contribution in [-0.4, -0.2) is 42.1 Å². The number of unbranched alkanes of at least 4 members (excludes halogenated alkanes) is 3. The summed E-state index contributed by atoms with van der Waals surface area (Å²) in [6.07, 6.45) is 17.0. The molecule has 0 fully saturated rings. The summed E-state index contributed by atoms with van der Waals surface area (Å²) in [5, 5.41) is 0. The van der Waals surface area contributed by atoms with Crippen LogP contribution in [0.15, 0.2) is 124 Å². The Hall–Kier alpha value is -3.85. The molecule has 2 aliphatic heterocycles. The summed E-state index contributed by atoms with van der Waals surface area (Å²) in [6, 6.07) is 25.5. The normalized spacial score (nSPS) is 19.5. The summed E-state index contributed by atoms with van der Waals surface area (Å²) < 4.78 is 36.6. The van der Waals surface area contributed by atoms with Crippen LogP contribution in [-0.2, 0) is 20.9 Å². The van der Waals surface area contributed by atoms with Gasteiger partial charge >= 0.3 is 0 Å². The fraction of sp³-hybridized carbons (Fsp3) is 0.400. The zero-order valence-corrected chi connectivity index (χ0v) is 33.7. The number of nitrogen functional groups attached to an aromatic ring is 1. The highest BCUT2D eigenvalue weighted by molar-refractivity contribution is 8.03. The highest BCUT2D eigenvalue weighted by Crippen LogP contribution is 2.49. The molecule has 0 bridgehead atoms. The van der Waals surface area contributed by atoms with Gasteiger partial charge in [-0.25, -0.2) is 8.42 Å². The number of hydrogen-bond acceptors (Lipinski definition) is 6. The number of nitrogens with zero attached hydrogens (tertiary/aromatic N) is 2. The highest BCUT2D eigenvalue weighted by Gasteiger charge is 2.44. The van der Waals surface area contributed by atoms with Gasteiger partial charge in [-0.3, -0.25) is 0 Å². The minimum Gasteiger partial charge on any atom is -0.748 e. The lowest BCUT2D eigenvalue weighted by Gasteiger charge is -2.27. The predicted molar refractivity (Wildman–Crippen MR) is 222 cm³/mol. The molecule has 2 N–H and O–H groups in total. The maximum Gasteiger partial charge on any atom is 0.209 e. The molecule has 1 aliphatic carbocycles. The molecule has 0 aromatic heterocycles. The first-order chi connectivity index (χ1) is 25.3. The molecule has 3 aliphatic rings. The molecule has 0 amide bonds. The molecule has 2 heterocycles. The molecule has 0 atom stereocenters. The van der Waals surface area contributed by atoms with Crippen molar-refractivity contribution in [2.75, 3.05) is 29.5 Å². The Morgan fingerprint density at radius 2 is 1.57 bits per heavy atom. The predicted octanol–water partition coefficient (Wildman–Crippen LogP) is 10.6. The second kappa shape index (κ2) is 16.3. The molecular weight excluding hydrogens is 695 g/mol. The van der Waals surface area contributed by atoms with E-state index in [0.29, 0.717) is 19.4 Å². The van der Waals surface area contributed by atoms with Crippen LogP contribution in [0.5, 0.6) is 0 Å². The lowest BCUT2D eigenvalue weighted by molar-refractivity contribution is -0.438. The van der Waals surface area contributed by atoms with Gasteiger partial charge in [0.05, 0.1) is 15.5 Å². The molecule has 6 nitrogen and oxygen atoms in total. The quantitative estimate of drug-likeness (QED) is 0.0764. The fourth-order valence-electron chi connectivity index (χ4n) is 8.20. The number of anilines is 2. The van der Waals surface area contributed by atoms with Gasteiger partial charge in [-0.05, 0) is 105 Å². The molecule has 0 unspecified atom stereocenters. The zero-order valence-electron chi connectivity index (χ0n) is 32.0. The first-order valence-corrected chi connectivity index (χ1v) is 21.6. The molecule has 0 saturated carbocycles. The Morgan fingerprint density at radius 1 is 0.849 bits per heavy atom. The number of benzene rings is 3. The van der Waals surface area contributed by atoms with Gasteiger partial charge in [-0.2, -0.15) is 4.58 Å². The third-order valence-electron chi connectivity index (χ3n) is 11.1. The molecular formula is C45H55N3O3S2. The van der Waals surface area contributed by atoms with Crippen LogP contribution in [0.4, 0.5) is 17.1 Å². The summed E-state index contributed by atoms with van der Waals surface area (Å²) >= 11 is 1.82.